The summed E-state index contributed by atoms with van der Waals surface area (Å²) in [4.78, 5) is 17.5. The number of amides is 1. The molecule has 2 aliphatic rings. The second kappa shape index (κ2) is 10.0. The highest BCUT2D eigenvalue weighted by molar-refractivity contribution is 9.10. The Morgan fingerprint density at radius 3 is 2.63 bits per heavy atom. The van der Waals surface area contributed by atoms with Gasteiger partial charge in [0.25, 0.3) is 5.91 Å². The lowest BCUT2D eigenvalue weighted by atomic mass is 9.94. The molecule has 30 heavy (non-hydrogen) atoms. The molecular formula is C24H31BrN2O3. The van der Waals surface area contributed by atoms with Gasteiger partial charge in [0, 0.05) is 24.1 Å². The second-order valence-corrected chi connectivity index (χ2v) is 9.67. The molecule has 1 amide bonds. The van der Waals surface area contributed by atoms with Crippen LogP contribution in [0, 0.1) is 11.8 Å². The number of likely N-dealkylation sites (tertiary alicyclic amines) is 2. The molecule has 0 N–H and O–H groups in total. The summed E-state index contributed by atoms with van der Waals surface area (Å²) in [5, 5.41) is 0. The fraction of sp³-hybridized carbons (Fsp3) is 0.542. The van der Waals surface area contributed by atoms with Crippen LogP contribution in [0.4, 0.5) is 0 Å². The number of halogens is 1. The van der Waals surface area contributed by atoms with Gasteiger partial charge in [0.2, 0.25) is 0 Å². The van der Waals surface area contributed by atoms with Crippen LogP contribution in [0.25, 0.3) is 0 Å². The van der Waals surface area contributed by atoms with Gasteiger partial charge in [-0.25, -0.2) is 0 Å². The maximum atomic E-state index is 13.0. The molecule has 2 aromatic rings. The van der Waals surface area contributed by atoms with Gasteiger partial charge in [-0.15, -0.1) is 0 Å². The predicted molar refractivity (Wildman–Crippen MR) is 121 cm³/mol. The summed E-state index contributed by atoms with van der Waals surface area (Å²) >= 11 is 3.41. The van der Waals surface area contributed by atoms with Crippen molar-refractivity contribution in [2.24, 2.45) is 11.8 Å². The predicted octanol–water partition coefficient (Wildman–Crippen LogP) is 5.21. The Morgan fingerprint density at radius 1 is 1.10 bits per heavy atom. The van der Waals surface area contributed by atoms with Crippen LogP contribution < -0.4 is 4.74 Å². The van der Waals surface area contributed by atoms with E-state index in [1.807, 2.05) is 35.2 Å². The van der Waals surface area contributed by atoms with Crippen molar-refractivity contribution >= 4 is 21.8 Å². The van der Waals surface area contributed by atoms with Gasteiger partial charge >= 0.3 is 0 Å². The zero-order valence-electron chi connectivity index (χ0n) is 17.7. The molecule has 162 valence electrons. The van der Waals surface area contributed by atoms with Gasteiger partial charge in [-0.3, -0.25) is 4.79 Å². The van der Waals surface area contributed by atoms with Crippen molar-refractivity contribution in [2.45, 2.75) is 39.2 Å². The van der Waals surface area contributed by atoms with Crippen molar-refractivity contribution in [1.29, 1.82) is 0 Å². The molecule has 1 atom stereocenters. The minimum absolute atomic E-state index is 0.00172. The maximum absolute atomic E-state index is 13.0. The number of hydrogen-bond acceptors (Lipinski definition) is 4. The molecule has 1 aromatic carbocycles. The van der Waals surface area contributed by atoms with Gasteiger partial charge < -0.3 is 19.0 Å². The molecule has 3 heterocycles. The van der Waals surface area contributed by atoms with E-state index >= 15 is 0 Å². The number of rotatable bonds is 6. The van der Waals surface area contributed by atoms with Gasteiger partial charge in [-0.1, -0.05) is 22.9 Å². The van der Waals surface area contributed by atoms with Gasteiger partial charge in [-0.2, -0.15) is 0 Å². The molecule has 1 aromatic heterocycles. The first-order valence-electron chi connectivity index (χ1n) is 11.1. The number of nitrogens with zero attached hydrogens (tertiary/aromatic N) is 2. The van der Waals surface area contributed by atoms with E-state index in [0.29, 0.717) is 24.0 Å². The zero-order chi connectivity index (χ0) is 20.9. The Labute approximate surface area is 187 Å². The minimum Gasteiger partial charge on any atom is -0.486 e. The Hall–Kier alpha value is -1.79. The highest BCUT2D eigenvalue weighted by atomic mass is 79.9. The summed E-state index contributed by atoms with van der Waals surface area (Å²) < 4.78 is 12.6. The third-order valence-corrected chi connectivity index (χ3v) is 6.79. The first-order valence-corrected chi connectivity index (χ1v) is 11.8. The summed E-state index contributed by atoms with van der Waals surface area (Å²) in [6.07, 6.45) is 4.88. The van der Waals surface area contributed by atoms with Crippen molar-refractivity contribution in [3.8, 4) is 5.75 Å². The Kier molecular flexibility index (Phi) is 7.16. The van der Waals surface area contributed by atoms with E-state index in [1.54, 1.807) is 6.07 Å². The largest absolute Gasteiger partial charge is 0.486 e. The number of ether oxygens (including phenoxy) is 1. The van der Waals surface area contributed by atoms with Crippen LogP contribution in [0.15, 0.2) is 45.3 Å². The summed E-state index contributed by atoms with van der Waals surface area (Å²) in [5.41, 5.74) is 0. The van der Waals surface area contributed by atoms with Crippen LogP contribution in [0.1, 0.15) is 48.9 Å². The van der Waals surface area contributed by atoms with Crippen LogP contribution >= 0.6 is 15.9 Å². The molecule has 5 nitrogen and oxygen atoms in total. The standard InChI is InChI=1S/C24H31BrN2O3/c1-18-10-13-26(14-11-18)15-19-3-2-12-27(16-19)24(28)23-9-8-22(30-23)17-29-21-6-4-20(25)5-7-21/h4-9,18-19H,2-3,10-17H2,1H3/t19-/m0/s1. The van der Waals surface area contributed by atoms with Gasteiger partial charge in [0.15, 0.2) is 5.76 Å². The average molecular weight is 475 g/mol. The second-order valence-electron chi connectivity index (χ2n) is 8.75. The molecule has 2 fully saturated rings. The third-order valence-electron chi connectivity index (χ3n) is 6.27. The van der Waals surface area contributed by atoms with Crippen molar-refractivity contribution in [1.82, 2.24) is 9.80 Å². The number of carbonyl (C=O) groups excluding carboxylic acids is 1. The number of hydrogen-bond donors (Lipinski definition) is 0. The molecule has 4 rings (SSSR count). The number of piperidine rings is 2. The lowest BCUT2D eigenvalue weighted by molar-refractivity contribution is 0.0588. The van der Waals surface area contributed by atoms with Gasteiger partial charge in [-0.05, 0) is 87.0 Å². The summed E-state index contributed by atoms with van der Waals surface area (Å²) in [5.74, 6) is 3.27. The molecule has 0 bridgehead atoms. The van der Waals surface area contributed by atoms with E-state index in [4.69, 9.17) is 9.15 Å². The third kappa shape index (κ3) is 5.67. The lowest BCUT2D eigenvalue weighted by Gasteiger charge is -2.37. The first-order chi connectivity index (χ1) is 14.6. The quantitative estimate of drug-likeness (QED) is 0.576. The SMILES string of the molecule is CC1CCN(C[C@@H]2CCCN(C(=O)c3ccc(COc4ccc(Br)cc4)o3)C2)CC1. The fourth-order valence-corrected chi connectivity index (χ4v) is 4.68. The van der Waals surface area contributed by atoms with E-state index in [9.17, 15) is 4.79 Å². The molecule has 0 unspecified atom stereocenters. The van der Waals surface area contributed by atoms with Crippen molar-refractivity contribution in [3.63, 3.8) is 0 Å². The van der Waals surface area contributed by atoms with Crippen LogP contribution in [0.2, 0.25) is 0 Å². The molecule has 0 aliphatic carbocycles. The summed E-state index contributed by atoms with van der Waals surface area (Å²) in [6, 6.07) is 11.3. The minimum atomic E-state index is 0.00172. The summed E-state index contributed by atoms with van der Waals surface area (Å²) in [7, 11) is 0. The Morgan fingerprint density at radius 2 is 1.87 bits per heavy atom. The molecular weight excluding hydrogens is 444 g/mol. The molecule has 2 saturated heterocycles. The highest BCUT2D eigenvalue weighted by Gasteiger charge is 2.28. The molecule has 0 spiro atoms. The van der Waals surface area contributed by atoms with Crippen LogP contribution in [0.3, 0.4) is 0 Å². The number of furan rings is 1. The van der Waals surface area contributed by atoms with Crippen molar-refractivity contribution in [3.05, 3.63) is 52.4 Å². The average Bonchev–Trinajstić information content (AvgIpc) is 3.24. The van der Waals surface area contributed by atoms with Gasteiger partial charge in [0.1, 0.15) is 18.1 Å². The monoisotopic (exact) mass is 474 g/mol. The zero-order valence-corrected chi connectivity index (χ0v) is 19.3. The van der Waals surface area contributed by atoms with Crippen LogP contribution in [0.5, 0.6) is 5.75 Å². The summed E-state index contributed by atoms with van der Waals surface area (Å²) in [6.45, 7) is 7.82. The van der Waals surface area contributed by atoms with E-state index in [0.717, 1.165) is 42.2 Å². The first kappa shape index (κ1) is 21.4. The van der Waals surface area contributed by atoms with Crippen LogP contribution in [-0.4, -0.2) is 48.4 Å². The topological polar surface area (TPSA) is 45.9 Å². The van der Waals surface area contributed by atoms with E-state index < -0.39 is 0 Å². The van der Waals surface area contributed by atoms with E-state index in [-0.39, 0.29) is 5.91 Å². The smallest absolute Gasteiger partial charge is 0.289 e. The van der Waals surface area contributed by atoms with Crippen LogP contribution in [-0.2, 0) is 6.61 Å². The van der Waals surface area contributed by atoms with Crippen molar-refractivity contribution in [2.75, 3.05) is 32.7 Å². The lowest BCUT2D eigenvalue weighted by Crippen LogP contribution is -2.45. The Bertz CT molecular complexity index is 827. The molecule has 2 aliphatic heterocycles. The van der Waals surface area contributed by atoms with E-state index in [1.165, 1.54) is 32.4 Å². The molecule has 0 radical (unpaired) electrons. The maximum Gasteiger partial charge on any atom is 0.289 e. The number of benzene rings is 1. The molecule has 6 heteroatoms. The number of carbonyl (C=O) groups is 1. The van der Waals surface area contributed by atoms with Crippen molar-refractivity contribution < 1.29 is 13.9 Å². The Balaban J connectivity index is 1.28. The van der Waals surface area contributed by atoms with E-state index in [2.05, 4.69) is 27.8 Å². The fourth-order valence-electron chi connectivity index (χ4n) is 4.42. The highest BCUT2D eigenvalue weighted by Crippen LogP contribution is 2.24. The normalized spacial score (nSPS) is 21.0. The molecule has 0 saturated carbocycles. The van der Waals surface area contributed by atoms with Gasteiger partial charge in [0.05, 0.1) is 0 Å².